The molecule has 2 N–H and O–H groups in total. The van der Waals surface area contributed by atoms with Crippen molar-refractivity contribution in [2.24, 2.45) is 0 Å². The first-order valence-electron chi connectivity index (χ1n) is 11.5. The number of benzene rings is 3. The maximum Gasteiger partial charge on any atom is 0.255 e. The van der Waals surface area contributed by atoms with Crippen LogP contribution in [0.3, 0.4) is 0 Å². The average Bonchev–Trinajstić information content (AvgIpc) is 3.36. The number of ether oxygens (including phenoxy) is 2. The highest BCUT2D eigenvalue weighted by atomic mass is 35.5. The summed E-state index contributed by atoms with van der Waals surface area (Å²) >= 11 is 18.3. The standard InChI is InChI=1S/C27H22Cl3N5O3/c1-15-24(26(36)34-20-8-6-18(28)7-9-20)25(35-27(33-15)31-14-32-35)16-4-10-22(23(11-16)37-2)38-13-17-3-5-19(29)12-21(17)30/h3-12,14,25H,13H2,1-2H3,(H,34,36)(H,31,32,33)/t25-/m1/s1. The van der Waals surface area contributed by atoms with Gasteiger partial charge < -0.3 is 20.1 Å². The number of amides is 1. The second kappa shape index (κ2) is 10.9. The lowest BCUT2D eigenvalue weighted by Gasteiger charge is -2.29. The minimum atomic E-state index is -0.574. The number of rotatable bonds is 7. The normalized spacial score (nSPS) is 14.5. The number of anilines is 2. The summed E-state index contributed by atoms with van der Waals surface area (Å²) in [5.41, 5.74) is 3.28. The van der Waals surface area contributed by atoms with E-state index < -0.39 is 6.04 Å². The molecule has 0 radical (unpaired) electrons. The Hall–Kier alpha value is -3.72. The van der Waals surface area contributed by atoms with E-state index in [0.717, 1.165) is 11.1 Å². The van der Waals surface area contributed by atoms with Gasteiger partial charge in [-0.15, -0.1) is 0 Å². The Morgan fingerprint density at radius 3 is 2.53 bits per heavy atom. The number of methoxy groups -OCH3 is 1. The molecule has 2 heterocycles. The zero-order valence-corrected chi connectivity index (χ0v) is 22.6. The van der Waals surface area contributed by atoms with E-state index in [1.54, 1.807) is 54.3 Å². The minimum absolute atomic E-state index is 0.222. The Morgan fingerprint density at radius 2 is 1.79 bits per heavy atom. The van der Waals surface area contributed by atoms with Crippen LogP contribution >= 0.6 is 34.8 Å². The van der Waals surface area contributed by atoms with E-state index >= 15 is 0 Å². The highest BCUT2D eigenvalue weighted by molar-refractivity contribution is 6.35. The van der Waals surface area contributed by atoms with Crippen molar-refractivity contribution < 1.29 is 14.3 Å². The molecule has 8 nitrogen and oxygen atoms in total. The maximum atomic E-state index is 13.5. The smallest absolute Gasteiger partial charge is 0.255 e. The Balaban J connectivity index is 1.46. The van der Waals surface area contributed by atoms with E-state index in [-0.39, 0.29) is 12.5 Å². The Morgan fingerprint density at radius 1 is 1.03 bits per heavy atom. The Labute approximate surface area is 234 Å². The molecule has 0 spiro atoms. The third kappa shape index (κ3) is 5.29. The van der Waals surface area contributed by atoms with Crippen LogP contribution in [0, 0.1) is 0 Å². The van der Waals surface area contributed by atoms with E-state index in [1.807, 2.05) is 25.1 Å². The van der Waals surface area contributed by atoms with E-state index in [0.29, 0.717) is 49.5 Å². The Bertz CT molecular complexity index is 1540. The molecule has 0 saturated carbocycles. The number of hydrogen-bond acceptors (Lipinski definition) is 6. The van der Waals surface area contributed by atoms with Gasteiger partial charge in [0, 0.05) is 32.0 Å². The van der Waals surface area contributed by atoms with E-state index in [9.17, 15) is 4.79 Å². The summed E-state index contributed by atoms with van der Waals surface area (Å²) in [5.74, 6) is 1.23. The molecule has 11 heteroatoms. The largest absolute Gasteiger partial charge is 0.493 e. The Kier molecular flexibility index (Phi) is 7.46. The number of nitrogens with zero attached hydrogens (tertiary/aromatic N) is 3. The molecule has 4 aromatic rings. The number of aromatic nitrogens is 3. The van der Waals surface area contributed by atoms with E-state index in [4.69, 9.17) is 44.3 Å². The molecule has 0 bridgehead atoms. The average molecular weight is 571 g/mol. The lowest BCUT2D eigenvalue weighted by molar-refractivity contribution is -0.113. The molecule has 0 aliphatic carbocycles. The van der Waals surface area contributed by atoms with Gasteiger partial charge in [-0.1, -0.05) is 46.9 Å². The molecule has 0 unspecified atom stereocenters. The van der Waals surface area contributed by atoms with Crippen LogP contribution in [0.15, 0.2) is 78.3 Å². The number of carbonyl (C=O) groups is 1. The van der Waals surface area contributed by atoms with Gasteiger partial charge in [0.2, 0.25) is 5.95 Å². The molecular formula is C27H22Cl3N5O3. The highest BCUT2D eigenvalue weighted by Crippen LogP contribution is 2.39. The minimum Gasteiger partial charge on any atom is -0.493 e. The SMILES string of the molecule is COc1cc([C@@H]2C(C(=O)Nc3ccc(Cl)cc3)=C(C)Nc3ncnn32)ccc1OCc1ccc(Cl)cc1Cl. The van der Waals surface area contributed by atoms with Crippen LogP contribution in [0.1, 0.15) is 24.1 Å². The quantitative estimate of drug-likeness (QED) is 0.255. The van der Waals surface area contributed by atoms with Crippen LogP contribution in [-0.4, -0.2) is 27.8 Å². The zero-order chi connectivity index (χ0) is 26.8. The summed E-state index contributed by atoms with van der Waals surface area (Å²) in [4.78, 5) is 17.8. The number of fused-ring (bicyclic) bond motifs is 1. The van der Waals surface area contributed by atoms with Crippen molar-refractivity contribution >= 4 is 52.3 Å². The molecule has 38 heavy (non-hydrogen) atoms. The number of carbonyl (C=O) groups excluding carboxylic acids is 1. The fourth-order valence-corrected chi connectivity index (χ4v) is 4.78. The first-order valence-corrected chi connectivity index (χ1v) is 12.7. The molecule has 194 valence electrons. The van der Waals surface area contributed by atoms with Gasteiger partial charge in [0.05, 0.1) is 12.7 Å². The van der Waals surface area contributed by atoms with Crippen molar-refractivity contribution in [3.63, 3.8) is 0 Å². The summed E-state index contributed by atoms with van der Waals surface area (Å²) in [6.07, 6.45) is 1.44. The van der Waals surface area contributed by atoms with Crippen LogP contribution in [0.5, 0.6) is 11.5 Å². The first-order chi connectivity index (χ1) is 18.3. The topological polar surface area (TPSA) is 90.3 Å². The summed E-state index contributed by atoms with van der Waals surface area (Å²) in [7, 11) is 1.56. The highest BCUT2D eigenvalue weighted by Gasteiger charge is 2.34. The molecular weight excluding hydrogens is 549 g/mol. The van der Waals surface area contributed by atoms with Crippen molar-refractivity contribution in [1.82, 2.24) is 14.8 Å². The first kappa shape index (κ1) is 25.9. The number of nitrogens with one attached hydrogen (secondary N) is 2. The third-order valence-electron chi connectivity index (χ3n) is 6.04. The van der Waals surface area contributed by atoms with Crippen LogP contribution in [0.25, 0.3) is 0 Å². The van der Waals surface area contributed by atoms with Gasteiger partial charge in [0.15, 0.2) is 11.5 Å². The monoisotopic (exact) mass is 569 g/mol. The summed E-state index contributed by atoms with van der Waals surface area (Å²) in [5, 5.41) is 12.1. The van der Waals surface area contributed by atoms with Crippen LogP contribution < -0.4 is 20.1 Å². The molecule has 1 aliphatic rings. The predicted octanol–water partition coefficient (Wildman–Crippen LogP) is 6.75. The molecule has 0 saturated heterocycles. The zero-order valence-electron chi connectivity index (χ0n) is 20.3. The number of hydrogen-bond donors (Lipinski definition) is 2. The van der Waals surface area contributed by atoms with Crippen molar-refractivity contribution in [3.05, 3.63) is 104 Å². The fourth-order valence-electron chi connectivity index (χ4n) is 4.19. The van der Waals surface area contributed by atoms with Crippen molar-refractivity contribution in [1.29, 1.82) is 0 Å². The molecule has 1 aliphatic heterocycles. The van der Waals surface area contributed by atoms with Gasteiger partial charge in [-0.25, -0.2) is 4.68 Å². The number of halogens is 3. The molecule has 0 fully saturated rings. The lowest BCUT2D eigenvalue weighted by Crippen LogP contribution is -2.31. The third-order valence-corrected chi connectivity index (χ3v) is 6.88. The molecule has 1 atom stereocenters. The summed E-state index contributed by atoms with van der Waals surface area (Å²) < 4.78 is 13.3. The van der Waals surface area contributed by atoms with Crippen LogP contribution in [0.2, 0.25) is 15.1 Å². The van der Waals surface area contributed by atoms with Gasteiger partial charge in [-0.2, -0.15) is 10.1 Å². The second-order valence-corrected chi connectivity index (χ2v) is 9.77. The molecule has 1 aromatic heterocycles. The van der Waals surface area contributed by atoms with E-state index in [1.165, 1.54) is 6.33 Å². The van der Waals surface area contributed by atoms with Crippen molar-refractivity contribution in [2.75, 3.05) is 17.7 Å². The molecule has 5 rings (SSSR count). The van der Waals surface area contributed by atoms with Crippen LogP contribution in [-0.2, 0) is 11.4 Å². The van der Waals surface area contributed by atoms with Gasteiger partial charge in [0.25, 0.3) is 5.91 Å². The summed E-state index contributed by atoms with van der Waals surface area (Å²) in [6, 6.07) is 17.0. The number of allylic oxidation sites excluding steroid dienone is 1. The van der Waals surface area contributed by atoms with E-state index in [2.05, 4.69) is 20.7 Å². The van der Waals surface area contributed by atoms with Crippen LogP contribution in [0.4, 0.5) is 11.6 Å². The second-order valence-electron chi connectivity index (χ2n) is 8.49. The lowest BCUT2D eigenvalue weighted by atomic mass is 9.94. The summed E-state index contributed by atoms with van der Waals surface area (Å²) in [6.45, 7) is 2.05. The fraction of sp³-hybridized carbons (Fsp3) is 0.148. The van der Waals surface area contributed by atoms with Gasteiger partial charge in [-0.3, -0.25) is 4.79 Å². The van der Waals surface area contributed by atoms with Gasteiger partial charge >= 0.3 is 0 Å². The maximum absolute atomic E-state index is 13.5. The molecule has 1 amide bonds. The van der Waals surface area contributed by atoms with Gasteiger partial charge in [-0.05, 0) is 61.0 Å². The van der Waals surface area contributed by atoms with Crippen molar-refractivity contribution in [2.45, 2.75) is 19.6 Å². The van der Waals surface area contributed by atoms with Gasteiger partial charge in [0.1, 0.15) is 19.0 Å². The van der Waals surface area contributed by atoms with Crippen molar-refractivity contribution in [3.8, 4) is 11.5 Å². The predicted molar refractivity (Wildman–Crippen MR) is 148 cm³/mol. The molecule has 3 aromatic carbocycles.